The van der Waals surface area contributed by atoms with E-state index in [9.17, 15) is 4.79 Å². The molecule has 0 bridgehead atoms. The maximum Gasteiger partial charge on any atom is 0.240 e. The first-order valence-corrected chi connectivity index (χ1v) is 10.6. The highest BCUT2D eigenvalue weighted by molar-refractivity contribution is 5.84. The second-order valence-electron chi connectivity index (χ2n) is 7.30. The zero-order chi connectivity index (χ0) is 21.5. The lowest BCUT2D eigenvalue weighted by atomic mass is 10.1. The average Bonchev–Trinajstić information content (AvgIpc) is 3.14. The molecule has 0 saturated carbocycles. The van der Waals surface area contributed by atoms with Crippen LogP contribution in [0.3, 0.4) is 0 Å². The zero-order valence-electron chi connectivity index (χ0n) is 17.7. The van der Waals surface area contributed by atoms with Gasteiger partial charge >= 0.3 is 0 Å². The van der Waals surface area contributed by atoms with Crippen LogP contribution in [0.1, 0.15) is 19.2 Å². The summed E-state index contributed by atoms with van der Waals surface area (Å²) in [6.07, 6.45) is 0.794. The van der Waals surface area contributed by atoms with Gasteiger partial charge in [-0.05, 0) is 48.4 Å². The Morgan fingerprint density at radius 2 is 1.84 bits per heavy atom. The third kappa shape index (κ3) is 5.22. The van der Waals surface area contributed by atoms with Gasteiger partial charge in [-0.1, -0.05) is 42.5 Å². The number of hydrogen-bond acceptors (Lipinski definition) is 4. The lowest BCUT2D eigenvalue weighted by Crippen LogP contribution is -2.29. The second kappa shape index (κ2) is 10.1. The summed E-state index contributed by atoms with van der Waals surface area (Å²) in [5.74, 6) is 1.45. The van der Waals surface area contributed by atoms with E-state index in [2.05, 4.69) is 17.4 Å². The van der Waals surface area contributed by atoms with E-state index in [4.69, 9.17) is 14.5 Å². The third-order valence-electron chi connectivity index (χ3n) is 5.12. The van der Waals surface area contributed by atoms with E-state index < -0.39 is 0 Å². The quantitative estimate of drug-likeness (QED) is 0.391. The van der Waals surface area contributed by atoms with Crippen molar-refractivity contribution in [3.8, 4) is 5.75 Å². The van der Waals surface area contributed by atoms with Crippen LogP contribution in [0.2, 0.25) is 0 Å². The fourth-order valence-electron chi connectivity index (χ4n) is 3.56. The minimum absolute atomic E-state index is 0.0494. The fraction of sp³-hybridized carbons (Fsp3) is 0.280. The van der Waals surface area contributed by atoms with Crippen molar-refractivity contribution in [1.82, 2.24) is 14.9 Å². The highest BCUT2D eigenvalue weighted by Gasteiger charge is 2.14. The predicted octanol–water partition coefficient (Wildman–Crippen LogP) is 4.31. The van der Waals surface area contributed by atoms with Crippen molar-refractivity contribution in [1.29, 1.82) is 0 Å². The normalized spacial score (nSPS) is 11.1. The van der Waals surface area contributed by atoms with Gasteiger partial charge in [-0.15, -0.1) is 0 Å². The Morgan fingerprint density at radius 3 is 2.71 bits per heavy atom. The van der Waals surface area contributed by atoms with Gasteiger partial charge in [0.05, 0.1) is 11.0 Å². The van der Waals surface area contributed by atoms with Gasteiger partial charge in [0.15, 0.2) is 0 Å². The number of aromatic nitrogens is 2. The first-order chi connectivity index (χ1) is 15.2. The number of ether oxygens (including phenoxy) is 2. The summed E-state index contributed by atoms with van der Waals surface area (Å²) < 4.78 is 13.3. The number of carbonyl (C=O) groups excluding carboxylic acids is 1. The van der Waals surface area contributed by atoms with Gasteiger partial charge in [0.2, 0.25) is 5.91 Å². The fourth-order valence-corrected chi connectivity index (χ4v) is 3.56. The molecule has 0 unspecified atom stereocenters. The molecule has 0 aliphatic heterocycles. The number of rotatable bonds is 10. The molecule has 0 spiro atoms. The number of para-hydroxylation sites is 2. The molecule has 0 atom stereocenters. The van der Waals surface area contributed by atoms with Gasteiger partial charge in [0.1, 0.15) is 24.7 Å². The molecular weight excluding hydrogens is 390 g/mol. The van der Waals surface area contributed by atoms with Crippen LogP contribution in [0, 0.1) is 0 Å². The first kappa shape index (κ1) is 20.9. The summed E-state index contributed by atoms with van der Waals surface area (Å²) in [6.45, 7) is 4.38. The van der Waals surface area contributed by atoms with Gasteiger partial charge in [-0.3, -0.25) is 4.79 Å². The largest absolute Gasteiger partial charge is 0.486 e. The number of amides is 1. The Kier molecular flexibility index (Phi) is 6.79. The van der Waals surface area contributed by atoms with Crippen molar-refractivity contribution in [2.75, 3.05) is 19.8 Å². The molecule has 0 aliphatic carbocycles. The van der Waals surface area contributed by atoms with Crippen LogP contribution in [-0.2, 0) is 22.7 Å². The van der Waals surface area contributed by atoms with Crippen LogP contribution in [0.25, 0.3) is 21.8 Å². The lowest BCUT2D eigenvalue weighted by molar-refractivity contribution is -0.121. The van der Waals surface area contributed by atoms with Gasteiger partial charge in [0, 0.05) is 19.8 Å². The zero-order valence-corrected chi connectivity index (χ0v) is 17.7. The van der Waals surface area contributed by atoms with Crippen LogP contribution in [0.15, 0.2) is 66.7 Å². The Morgan fingerprint density at radius 1 is 1.03 bits per heavy atom. The Labute approximate surface area is 181 Å². The molecule has 3 aromatic carbocycles. The van der Waals surface area contributed by atoms with E-state index >= 15 is 0 Å². The number of fused-ring (bicyclic) bond motifs is 2. The summed E-state index contributed by atoms with van der Waals surface area (Å²) in [4.78, 5) is 17.2. The first-order valence-electron chi connectivity index (χ1n) is 10.6. The van der Waals surface area contributed by atoms with Crippen LogP contribution >= 0.6 is 0 Å². The van der Waals surface area contributed by atoms with E-state index in [0.717, 1.165) is 34.4 Å². The average molecular weight is 418 g/mol. The van der Waals surface area contributed by atoms with E-state index in [1.807, 2.05) is 66.1 Å². The van der Waals surface area contributed by atoms with Crippen LogP contribution in [-0.4, -0.2) is 35.2 Å². The number of imidazole rings is 1. The van der Waals surface area contributed by atoms with Crippen LogP contribution in [0.4, 0.5) is 0 Å². The van der Waals surface area contributed by atoms with Crippen LogP contribution in [0.5, 0.6) is 5.75 Å². The molecule has 1 N–H and O–H groups in total. The van der Waals surface area contributed by atoms with Crippen molar-refractivity contribution >= 4 is 27.7 Å². The molecule has 4 rings (SSSR count). The topological polar surface area (TPSA) is 65.4 Å². The summed E-state index contributed by atoms with van der Waals surface area (Å²) in [7, 11) is 0. The summed E-state index contributed by atoms with van der Waals surface area (Å²) in [5, 5.41) is 5.25. The molecule has 160 valence electrons. The molecule has 0 aliphatic rings. The SMILES string of the molecule is CCOCCCNC(=O)Cn1c(COc2ccc3ccccc3c2)nc2ccccc21. The minimum atomic E-state index is -0.0494. The summed E-state index contributed by atoms with van der Waals surface area (Å²) in [5.41, 5.74) is 1.77. The molecule has 1 amide bonds. The van der Waals surface area contributed by atoms with Gasteiger partial charge in [-0.2, -0.15) is 0 Å². The molecule has 31 heavy (non-hydrogen) atoms. The van der Waals surface area contributed by atoms with Crippen molar-refractivity contribution < 1.29 is 14.3 Å². The molecule has 0 fully saturated rings. The standard InChI is InChI=1S/C25H27N3O3/c1-2-30-15-7-14-26-25(29)17-28-23-11-6-5-10-22(23)27-24(28)18-31-21-13-12-19-8-3-4-9-20(19)16-21/h3-6,8-13,16H,2,7,14-15,17-18H2,1H3,(H,26,29). The minimum Gasteiger partial charge on any atom is -0.486 e. The van der Waals surface area contributed by atoms with Crippen molar-refractivity contribution in [3.05, 3.63) is 72.6 Å². The third-order valence-corrected chi connectivity index (χ3v) is 5.12. The number of hydrogen-bond donors (Lipinski definition) is 1. The number of nitrogens with zero attached hydrogens (tertiary/aromatic N) is 2. The number of nitrogens with one attached hydrogen (secondary N) is 1. The number of carbonyl (C=O) groups is 1. The van der Waals surface area contributed by atoms with E-state index in [0.29, 0.717) is 19.8 Å². The Balaban J connectivity index is 1.47. The monoisotopic (exact) mass is 417 g/mol. The highest BCUT2D eigenvalue weighted by Crippen LogP contribution is 2.22. The molecule has 6 heteroatoms. The molecule has 0 radical (unpaired) electrons. The molecular formula is C25H27N3O3. The Bertz CT molecular complexity index is 1170. The van der Waals surface area contributed by atoms with E-state index in [1.165, 1.54) is 5.39 Å². The van der Waals surface area contributed by atoms with Crippen molar-refractivity contribution in [2.45, 2.75) is 26.5 Å². The molecule has 1 aromatic heterocycles. The van der Waals surface area contributed by atoms with Gasteiger partial charge < -0.3 is 19.4 Å². The predicted molar refractivity (Wildman–Crippen MR) is 122 cm³/mol. The Hall–Kier alpha value is -3.38. The highest BCUT2D eigenvalue weighted by atomic mass is 16.5. The smallest absolute Gasteiger partial charge is 0.240 e. The van der Waals surface area contributed by atoms with Crippen molar-refractivity contribution in [2.24, 2.45) is 0 Å². The lowest BCUT2D eigenvalue weighted by Gasteiger charge is -2.11. The van der Waals surface area contributed by atoms with Crippen LogP contribution < -0.4 is 10.1 Å². The maximum absolute atomic E-state index is 12.5. The molecule has 4 aromatic rings. The molecule has 0 saturated heterocycles. The number of benzene rings is 3. The van der Waals surface area contributed by atoms with E-state index in [1.54, 1.807) is 0 Å². The summed E-state index contributed by atoms with van der Waals surface area (Å²) >= 11 is 0. The molecule has 6 nitrogen and oxygen atoms in total. The van der Waals surface area contributed by atoms with Crippen molar-refractivity contribution in [3.63, 3.8) is 0 Å². The summed E-state index contributed by atoms with van der Waals surface area (Å²) in [6, 6.07) is 22.0. The van der Waals surface area contributed by atoms with Gasteiger partial charge in [-0.25, -0.2) is 4.98 Å². The van der Waals surface area contributed by atoms with Gasteiger partial charge in [0.25, 0.3) is 0 Å². The maximum atomic E-state index is 12.5. The second-order valence-corrected chi connectivity index (χ2v) is 7.30. The van der Waals surface area contributed by atoms with E-state index in [-0.39, 0.29) is 19.1 Å². The molecule has 1 heterocycles.